The van der Waals surface area contributed by atoms with Crippen LogP contribution in [0.1, 0.15) is 36.0 Å². The maximum Gasteiger partial charge on any atom is 0.435 e. The molecule has 5 nitrogen and oxygen atoms in total. The number of benzene rings is 2. The van der Waals surface area contributed by atoms with Crippen molar-refractivity contribution >= 4 is 15.7 Å². The SMILES string of the molecule is O=C(N[C@@H]1CC[C@@]2(S(=O)(=O)c3ccc(F)cc3)c3ccc(C(F)(C(F)(F)F)C(F)(F)F)cc3CC[C@@H]12)C(O)C(F)(F)F. The van der Waals surface area contributed by atoms with Gasteiger partial charge >= 0.3 is 24.2 Å². The van der Waals surface area contributed by atoms with Gasteiger partial charge in [-0.1, -0.05) is 18.2 Å². The zero-order valence-electron chi connectivity index (χ0n) is 20.8. The number of sulfone groups is 1. The summed E-state index contributed by atoms with van der Waals surface area (Å²) in [7, 11) is -4.75. The summed E-state index contributed by atoms with van der Waals surface area (Å²) in [6, 6.07) is 2.88. The quantitative estimate of drug-likeness (QED) is 0.332. The number of carbonyl (C=O) groups is 1. The molecule has 2 aromatic rings. The maximum absolute atomic E-state index is 14.8. The van der Waals surface area contributed by atoms with E-state index in [1.807, 2.05) is 5.32 Å². The van der Waals surface area contributed by atoms with Crippen LogP contribution >= 0.6 is 0 Å². The number of halogens is 11. The smallest absolute Gasteiger partial charge is 0.376 e. The molecule has 42 heavy (non-hydrogen) atoms. The second-order valence-electron chi connectivity index (χ2n) is 10.1. The van der Waals surface area contributed by atoms with E-state index >= 15 is 0 Å². The van der Waals surface area contributed by atoms with Crippen LogP contribution in [0.3, 0.4) is 0 Å². The molecule has 1 amide bonds. The molecule has 0 aliphatic heterocycles. The third-order valence-electron chi connectivity index (χ3n) is 7.87. The first-order valence-electron chi connectivity index (χ1n) is 12.1. The summed E-state index contributed by atoms with van der Waals surface area (Å²) in [5.74, 6) is -4.05. The Morgan fingerprint density at radius 1 is 0.905 bits per heavy atom. The second-order valence-corrected chi connectivity index (χ2v) is 12.3. The van der Waals surface area contributed by atoms with Crippen LogP contribution in [0.4, 0.5) is 48.3 Å². The Kier molecular flexibility index (Phi) is 7.66. The third-order valence-corrected chi connectivity index (χ3v) is 10.4. The average molecular weight is 639 g/mol. The summed E-state index contributed by atoms with van der Waals surface area (Å²) in [5.41, 5.74) is -8.40. The number of alkyl halides is 10. The Balaban J connectivity index is 1.89. The van der Waals surface area contributed by atoms with Gasteiger partial charge < -0.3 is 10.4 Å². The summed E-state index contributed by atoms with van der Waals surface area (Å²) in [6.07, 6.45) is -23.4. The van der Waals surface area contributed by atoms with E-state index in [-0.39, 0.29) is 30.5 Å². The highest BCUT2D eigenvalue weighted by molar-refractivity contribution is 7.92. The highest BCUT2D eigenvalue weighted by atomic mass is 32.2. The lowest BCUT2D eigenvalue weighted by atomic mass is 9.74. The zero-order valence-corrected chi connectivity index (χ0v) is 21.7. The molecule has 0 aromatic heterocycles. The van der Waals surface area contributed by atoms with Gasteiger partial charge in [0.25, 0.3) is 5.91 Å². The van der Waals surface area contributed by atoms with Crippen molar-refractivity contribution < 1.29 is 66.6 Å². The molecule has 1 fully saturated rings. The van der Waals surface area contributed by atoms with Gasteiger partial charge in [-0.15, -0.1) is 0 Å². The minimum Gasteiger partial charge on any atom is -0.376 e. The maximum atomic E-state index is 14.8. The Hall–Kier alpha value is -2.95. The summed E-state index contributed by atoms with van der Waals surface area (Å²) >= 11 is 0. The third kappa shape index (κ3) is 4.81. The van der Waals surface area contributed by atoms with Crippen LogP contribution in [0.2, 0.25) is 0 Å². The monoisotopic (exact) mass is 639 g/mol. The van der Waals surface area contributed by atoms with Crippen LogP contribution in [-0.2, 0) is 31.5 Å². The van der Waals surface area contributed by atoms with Crippen molar-refractivity contribution in [2.24, 2.45) is 5.92 Å². The van der Waals surface area contributed by atoms with E-state index in [4.69, 9.17) is 0 Å². The van der Waals surface area contributed by atoms with Crippen LogP contribution in [0.5, 0.6) is 0 Å². The Bertz CT molecular complexity index is 1460. The highest BCUT2D eigenvalue weighted by Crippen LogP contribution is 2.59. The molecule has 232 valence electrons. The van der Waals surface area contributed by atoms with Crippen molar-refractivity contribution in [2.75, 3.05) is 0 Å². The Morgan fingerprint density at radius 2 is 1.48 bits per heavy atom. The predicted octanol–water partition coefficient (Wildman–Crippen LogP) is 5.55. The van der Waals surface area contributed by atoms with Gasteiger partial charge in [0, 0.05) is 17.5 Å². The number of aliphatic hydroxyl groups is 1. The molecule has 0 bridgehead atoms. The van der Waals surface area contributed by atoms with Crippen molar-refractivity contribution in [3.63, 3.8) is 0 Å². The molecule has 1 saturated carbocycles. The molecular weight excluding hydrogens is 619 g/mol. The van der Waals surface area contributed by atoms with Gasteiger partial charge in [0.15, 0.2) is 9.84 Å². The van der Waals surface area contributed by atoms with Crippen LogP contribution in [-0.4, -0.2) is 50.1 Å². The zero-order chi connectivity index (χ0) is 31.7. The molecule has 0 spiro atoms. The van der Waals surface area contributed by atoms with E-state index in [0.717, 1.165) is 24.3 Å². The molecule has 0 saturated heterocycles. The molecule has 17 heteroatoms. The van der Waals surface area contributed by atoms with E-state index in [1.54, 1.807) is 0 Å². The van der Waals surface area contributed by atoms with E-state index in [9.17, 15) is 66.6 Å². The lowest BCUT2D eigenvalue weighted by molar-refractivity contribution is -0.348. The predicted molar refractivity (Wildman–Crippen MR) is 122 cm³/mol. The van der Waals surface area contributed by atoms with Gasteiger partial charge in [0.1, 0.15) is 10.6 Å². The van der Waals surface area contributed by atoms with Crippen molar-refractivity contribution in [1.29, 1.82) is 0 Å². The van der Waals surface area contributed by atoms with Crippen LogP contribution in [0, 0.1) is 11.7 Å². The molecule has 4 rings (SSSR count). The van der Waals surface area contributed by atoms with E-state index in [2.05, 4.69) is 0 Å². The van der Waals surface area contributed by atoms with Crippen LogP contribution in [0.15, 0.2) is 47.4 Å². The van der Waals surface area contributed by atoms with Crippen molar-refractivity contribution in [3.8, 4) is 0 Å². The fourth-order valence-corrected chi connectivity index (χ4v) is 8.43. The van der Waals surface area contributed by atoms with Gasteiger partial charge in [0.05, 0.1) is 4.90 Å². The molecule has 1 unspecified atom stereocenters. The number of aliphatic hydroxyl groups excluding tert-OH is 1. The van der Waals surface area contributed by atoms with Gasteiger partial charge in [-0.05, 0) is 61.1 Å². The number of hydrogen-bond donors (Lipinski definition) is 2. The Morgan fingerprint density at radius 3 is 2.00 bits per heavy atom. The van der Waals surface area contributed by atoms with Gasteiger partial charge in [-0.2, -0.15) is 39.5 Å². The topological polar surface area (TPSA) is 83.5 Å². The van der Waals surface area contributed by atoms with Crippen LogP contribution in [0.25, 0.3) is 0 Å². The summed E-state index contributed by atoms with van der Waals surface area (Å²) in [6.45, 7) is 0. The van der Waals surface area contributed by atoms with Crippen molar-refractivity contribution in [3.05, 3.63) is 65.0 Å². The molecule has 0 radical (unpaired) electrons. The van der Waals surface area contributed by atoms with E-state index in [1.165, 1.54) is 0 Å². The summed E-state index contributed by atoms with van der Waals surface area (Å²) in [5, 5.41) is 11.3. The fraction of sp³-hybridized carbons (Fsp3) is 0.480. The van der Waals surface area contributed by atoms with E-state index < -0.39 is 97.4 Å². The van der Waals surface area contributed by atoms with Gasteiger partial charge in [0.2, 0.25) is 6.10 Å². The minimum absolute atomic E-state index is 0.142. The van der Waals surface area contributed by atoms with E-state index in [0.29, 0.717) is 6.07 Å². The number of aryl methyl sites for hydroxylation is 1. The molecular formula is C25H20F11NO4S. The summed E-state index contributed by atoms with van der Waals surface area (Å²) < 4.78 is 173. The standard InChI is InChI=1S/C25H20F11NO4S/c26-14-3-5-15(6-4-14)42(40,41)21-10-9-18(37-20(39)19(38)23(28,29)30)17(21)7-1-12-11-13(2-8-16(12)21)22(27,24(31,32)33)25(34,35)36/h2-6,8,11,17-19,38H,1,7,9-10H2,(H,37,39)/t17-,18+,19?,21+/m0/s1. The second kappa shape index (κ2) is 10.1. The molecule has 0 heterocycles. The van der Waals surface area contributed by atoms with Gasteiger partial charge in [-0.3, -0.25) is 4.79 Å². The first-order valence-corrected chi connectivity index (χ1v) is 13.6. The average Bonchev–Trinajstić information content (AvgIpc) is 3.25. The fourth-order valence-electron chi connectivity index (χ4n) is 5.96. The van der Waals surface area contributed by atoms with Crippen molar-refractivity contribution in [1.82, 2.24) is 5.32 Å². The molecule has 4 atom stereocenters. The molecule has 2 N–H and O–H groups in total. The largest absolute Gasteiger partial charge is 0.435 e. The molecule has 2 aliphatic carbocycles. The minimum atomic E-state index is -6.45. The first kappa shape index (κ1) is 32.0. The van der Waals surface area contributed by atoms with Crippen molar-refractivity contribution in [2.45, 2.75) is 71.7 Å². The molecule has 2 aliphatic rings. The summed E-state index contributed by atoms with van der Waals surface area (Å²) in [4.78, 5) is 11.6. The lowest BCUT2D eigenvalue weighted by Crippen LogP contribution is -2.53. The number of carbonyl (C=O) groups excluding carboxylic acids is 1. The lowest BCUT2D eigenvalue weighted by Gasteiger charge is -2.43. The number of hydrogen-bond acceptors (Lipinski definition) is 4. The highest BCUT2D eigenvalue weighted by Gasteiger charge is 2.74. The number of fused-ring (bicyclic) bond motifs is 3. The normalized spacial score (nSPS) is 24.1. The number of amides is 1. The number of rotatable bonds is 5. The number of nitrogens with one attached hydrogen (secondary N) is 1. The Labute approximate surface area is 230 Å². The van der Waals surface area contributed by atoms with Crippen LogP contribution < -0.4 is 5.32 Å². The van der Waals surface area contributed by atoms with Gasteiger partial charge in [-0.25, -0.2) is 17.2 Å². The first-order chi connectivity index (χ1) is 19.1. The molecule has 2 aromatic carbocycles.